The summed E-state index contributed by atoms with van der Waals surface area (Å²) < 4.78 is 33.5. The number of esters is 2. The highest BCUT2D eigenvalue weighted by Gasteiger charge is 2.28. The average molecular weight is 763 g/mol. The molecule has 0 saturated carbocycles. The molecule has 0 radical (unpaired) electrons. The van der Waals surface area contributed by atoms with E-state index in [0.29, 0.717) is 49.0 Å². The van der Waals surface area contributed by atoms with Crippen molar-refractivity contribution in [2.45, 2.75) is 53.8 Å². The second-order valence-corrected chi connectivity index (χ2v) is 13.0. The highest BCUT2D eigenvalue weighted by Crippen LogP contribution is 2.41. The van der Waals surface area contributed by atoms with Gasteiger partial charge in [0.05, 0.1) is 36.4 Å². The van der Waals surface area contributed by atoms with Crippen LogP contribution in [-0.4, -0.2) is 42.3 Å². The normalized spacial score (nSPS) is 11.1. The summed E-state index contributed by atoms with van der Waals surface area (Å²) in [5.74, 6) is 0.439. The quantitative estimate of drug-likeness (QED) is 0.0711. The molecular weight excluding hydrogens is 725 g/mol. The molecule has 0 aliphatic carbocycles. The van der Waals surface area contributed by atoms with Crippen LogP contribution in [0.4, 0.5) is 5.69 Å². The molecule has 0 aliphatic rings. The molecule has 2 aromatic heterocycles. The molecule has 6 rings (SSSR count). The first-order valence-corrected chi connectivity index (χ1v) is 17.6. The lowest BCUT2D eigenvalue weighted by Crippen LogP contribution is -2.08. The Labute approximate surface area is 315 Å². The second kappa shape index (κ2) is 16.9. The van der Waals surface area contributed by atoms with E-state index in [1.54, 1.807) is 70.2 Å². The van der Waals surface area contributed by atoms with Gasteiger partial charge in [0, 0.05) is 31.9 Å². The van der Waals surface area contributed by atoms with Gasteiger partial charge < -0.3 is 27.8 Å². The van der Waals surface area contributed by atoms with Crippen molar-refractivity contribution in [1.82, 2.24) is 0 Å². The molecule has 53 heavy (non-hydrogen) atoms. The van der Waals surface area contributed by atoms with Crippen molar-refractivity contribution in [3.05, 3.63) is 110 Å². The van der Waals surface area contributed by atoms with Gasteiger partial charge in [0.25, 0.3) is 0 Å². The van der Waals surface area contributed by atoms with Crippen LogP contribution >= 0.6 is 23.2 Å². The number of rotatable bonds is 11. The van der Waals surface area contributed by atoms with Gasteiger partial charge in [-0.3, -0.25) is 10.1 Å². The zero-order valence-electron chi connectivity index (χ0n) is 29.9. The predicted molar refractivity (Wildman–Crippen MR) is 203 cm³/mol. The summed E-state index contributed by atoms with van der Waals surface area (Å²) >= 11 is 11.9. The van der Waals surface area contributed by atoms with E-state index in [9.17, 15) is 19.7 Å². The number of fused-ring (bicyclic) bond motifs is 2. The Morgan fingerprint density at radius 1 is 0.679 bits per heavy atom. The van der Waals surface area contributed by atoms with E-state index in [4.69, 9.17) is 51.0 Å². The largest absolute Gasteiger partial charge is 0.491 e. The minimum absolute atomic E-state index is 0.0335. The first-order chi connectivity index (χ1) is 25.3. The van der Waals surface area contributed by atoms with E-state index < -0.39 is 16.9 Å². The van der Waals surface area contributed by atoms with Crippen molar-refractivity contribution in [2.75, 3.05) is 13.2 Å². The summed E-state index contributed by atoms with van der Waals surface area (Å²) in [6.07, 6.45) is -0.254. The highest BCUT2D eigenvalue weighted by atomic mass is 35.5. The number of halogens is 2. The summed E-state index contributed by atoms with van der Waals surface area (Å²) in [4.78, 5) is 36.1. The molecule has 0 amide bonds. The van der Waals surface area contributed by atoms with Gasteiger partial charge in [-0.15, -0.1) is 0 Å². The summed E-state index contributed by atoms with van der Waals surface area (Å²) in [6.45, 7) is 11.3. The topological polar surface area (TPSA) is 140 Å². The minimum atomic E-state index is -0.587. The number of nitrogens with zero attached hydrogens (tertiary/aromatic N) is 1. The molecule has 0 saturated heterocycles. The molecule has 6 aromatic rings. The number of furan rings is 2. The molecule has 11 nitrogen and oxygen atoms in total. The van der Waals surface area contributed by atoms with Gasteiger partial charge in [-0.05, 0) is 114 Å². The Kier molecular flexibility index (Phi) is 12.3. The van der Waals surface area contributed by atoms with Gasteiger partial charge in [-0.1, -0.05) is 23.2 Å². The number of hydrogen-bond donors (Lipinski definition) is 0. The number of nitro groups is 1. The Hall–Kier alpha value is -5.52. The fraction of sp³-hybridized carbons (Fsp3) is 0.250. The first-order valence-electron chi connectivity index (χ1n) is 16.8. The van der Waals surface area contributed by atoms with Crippen LogP contribution in [0.2, 0.25) is 10.0 Å². The number of ether oxygens (including phenoxy) is 4. The van der Waals surface area contributed by atoms with E-state index in [0.717, 1.165) is 5.56 Å². The van der Waals surface area contributed by atoms with Crippen LogP contribution in [0.15, 0.2) is 87.7 Å². The minimum Gasteiger partial charge on any atom is -0.491 e. The van der Waals surface area contributed by atoms with E-state index >= 15 is 0 Å². The predicted octanol–water partition coefficient (Wildman–Crippen LogP) is 11.3. The monoisotopic (exact) mass is 761 g/mol. The third kappa shape index (κ3) is 8.93. The summed E-state index contributed by atoms with van der Waals surface area (Å²) in [5, 5.41) is 13.7. The molecule has 0 bridgehead atoms. The van der Waals surface area contributed by atoms with Gasteiger partial charge in [0.2, 0.25) is 0 Å². The number of carbonyl (C=O) groups excluding carboxylic acids is 2. The maximum absolute atomic E-state index is 12.7. The third-order valence-corrected chi connectivity index (χ3v) is 8.04. The fourth-order valence-corrected chi connectivity index (χ4v) is 5.70. The van der Waals surface area contributed by atoms with Gasteiger partial charge in [0.1, 0.15) is 39.6 Å². The molecule has 0 atom stereocenters. The number of benzene rings is 4. The van der Waals surface area contributed by atoms with Crippen LogP contribution in [0.25, 0.3) is 44.6 Å². The average Bonchev–Trinajstić information content (AvgIpc) is 3.67. The molecule has 0 spiro atoms. The van der Waals surface area contributed by atoms with Gasteiger partial charge in [-0.25, -0.2) is 9.59 Å². The Morgan fingerprint density at radius 3 is 1.60 bits per heavy atom. The van der Waals surface area contributed by atoms with E-state index in [1.165, 1.54) is 12.1 Å². The highest BCUT2D eigenvalue weighted by molar-refractivity contribution is 6.31. The Balaban J connectivity index is 0.000000206. The van der Waals surface area contributed by atoms with E-state index in [2.05, 4.69) is 0 Å². The molecule has 276 valence electrons. The van der Waals surface area contributed by atoms with Crippen molar-refractivity contribution in [3.8, 4) is 34.1 Å². The lowest BCUT2D eigenvalue weighted by molar-refractivity contribution is -0.385. The van der Waals surface area contributed by atoms with Crippen molar-refractivity contribution in [2.24, 2.45) is 0 Å². The maximum Gasteiger partial charge on any atom is 0.342 e. The van der Waals surface area contributed by atoms with Gasteiger partial charge in [-0.2, -0.15) is 0 Å². The zero-order valence-corrected chi connectivity index (χ0v) is 31.4. The lowest BCUT2D eigenvalue weighted by atomic mass is 10.0. The Morgan fingerprint density at radius 2 is 1.15 bits per heavy atom. The number of carbonyl (C=O) groups is 2. The smallest absolute Gasteiger partial charge is 0.342 e. The molecular formula is C40H37Cl2NO10. The molecule has 13 heteroatoms. The maximum atomic E-state index is 12.7. The molecule has 0 fully saturated rings. The summed E-state index contributed by atoms with van der Waals surface area (Å²) in [6, 6.07) is 22.0. The van der Waals surface area contributed by atoms with Crippen LogP contribution in [0.5, 0.6) is 11.5 Å². The molecule has 0 N–H and O–H groups in total. The molecule has 0 unspecified atom stereocenters. The van der Waals surface area contributed by atoms with E-state index in [-0.39, 0.29) is 53.8 Å². The second-order valence-electron chi connectivity index (χ2n) is 12.1. The SMILES string of the molecule is CCOC(=O)c1c(-c2ccc(Cl)cc2)oc2cc([N+](=O)[O-])c(OC(C)C)cc12.CCOC(=O)c1c(-c2ccc(Cl)cc2)oc2ccc(OC(C)C)cc12. The number of hydrogen-bond acceptors (Lipinski definition) is 10. The van der Waals surface area contributed by atoms with Crippen molar-refractivity contribution in [1.29, 1.82) is 0 Å². The number of nitro benzene ring substituents is 1. The standard InChI is InChI=1S/C20H18ClNO6.C20H19ClO4/c1-4-26-20(23)18-14-9-17(27-11(2)3)15(22(24)25)10-16(14)28-19(18)12-5-7-13(21)8-6-12;1-4-23-20(22)18-16-11-15(24-12(2)3)9-10-17(16)25-19(18)13-5-7-14(21)8-6-13/h5-11H,4H2,1-3H3;5-12H,4H2,1-3H3. The van der Waals surface area contributed by atoms with Crippen LogP contribution in [-0.2, 0) is 9.47 Å². The van der Waals surface area contributed by atoms with Gasteiger partial charge >= 0.3 is 17.6 Å². The lowest BCUT2D eigenvalue weighted by Gasteiger charge is -2.10. The molecule has 2 heterocycles. The van der Waals surface area contributed by atoms with Crippen molar-refractivity contribution >= 4 is 62.8 Å². The van der Waals surface area contributed by atoms with Crippen LogP contribution in [0.3, 0.4) is 0 Å². The van der Waals surface area contributed by atoms with Crippen LogP contribution in [0, 0.1) is 10.1 Å². The van der Waals surface area contributed by atoms with Crippen molar-refractivity contribution in [3.63, 3.8) is 0 Å². The summed E-state index contributed by atoms with van der Waals surface area (Å²) in [7, 11) is 0. The molecule has 0 aliphatic heterocycles. The summed E-state index contributed by atoms with van der Waals surface area (Å²) in [5.41, 5.74) is 2.48. The van der Waals surface area contributed by atoms with Crippen LogP contribution < -0.4 is 9.47 Å². The van der Waals surface area contributed by atoms with Crippen LogP contribution in [0.1, 0.15) is 62.3 Å². The Bertz CT molecular complexity index is 2250. The zero-order chi connectivity index (χ0) is 38.4. The first kappa shape index (κ1) is 38.7. The van der Waals surface area contributed by atoms with E-state index in [1.807, 2.05) is 38.1 Å². The van der Waals surface area contributed by atoms with Gasteiger partial charge in [0.15, 0.2) is 5.75 Å². The van der Waals surface area contributed by atoms with Crippen molar-refractivity contribution < 1.29 is 42.3 Å². The molecule has 4 aromatic carbocycles. The fourth-order valence-electron chi connectivity index (χ4n) is 5.45. The third-order valence-electron chi connectivity index (χ3n) is 7.53.